The smallest absolute Gasteiger partial charge is 0.206 e. The van der Waals surface area contributed by atoms with E-state index in [0.717, 1.165) is 39.5 Å². The van der Waals surface area contributed by atoms with Crippen molar-refractivity contribution in [2.45, 2.75) is 23.4 Å². The van der Waals surface area contributed by atoms with Crippen molar-refractivity contribution in [1.29, 1.82) is 5.26 Å². The SMILES string of the molecule is Cc1nn(-c2ccccc2)c(CSc2nnc(NCCc3cccs3)s2)c1C#N. The van der Waals surface area contributed by atoms with Crippen LogP contribution in [0, 0.1) is 18.3 Å². The summed E-state index contributed by atoms with van der Waals surface area (Å²) in [5.41, 5.74) is 3.19. The minimum absolute atomic E-state index is 0.600. The van der Waals surface area contributed by atoms with Gasteiger partial charge in [0.25, 0.3) is 0 Å². The van der Waals surface area contributed by atoms with Crippen molar-refractivity contribution in [2.75, 3.05) is 11.9 Å². The fourth-order valence-corrected chi connectivity index (χ4v) is 5.34. The molecule has 0 saturated heterocycles. The molecule has 29 heavy (non-hydrogen) atoms. The summed E-state index contributed by atoms with van der Waals surface area (Å²) in [5.74, 6) is 0.600. The van der Waals surface area contributed by atoms with Gasteiger partial charge in [0, 0.05) is 17.2 Å². The highest BCUT2D eigenvalue weighted by Gasteiger charge is 2.17. The summed E-state index contributed by atoms with van der Waals surface area (Å²) in [4.78, 5) is 1.35. The minimum Gasteiger partial charge on any atom is -0.360 e. The third kappa shape index (κ3) is 4.67. The van der Waals surface area contributed by atoms with Gasteiger partial charge in [-0.25, -0.2) is 4.68 Å². The summed E-state index contributed by atoms with van der Waals surface area (Å²) in [6, 6.07) is 16.4. The molecule has 4 aromatic rings. The van der Waals surface area contributed by atoms with Gasteiger partial charge in [0.05, 0.1) is 22.6 Å². The van der Waals surface area contributed by atoms with Crippen LogP contribution in [0.2, 0.25) is 0 Å². The van der Waals surface area contributed by atoms with Crippen LogP contribution in [-0.2, 0) is 12.2 Å². The highest BCUT2D eigenvalue weighted by Crippen LogP contribution is 2.30. The summed E-state index contributed by atoms with van der Waals surface area (Å²) >= 11 is 4.87. The number of thioether (sulfide) groups is 1. The molecule has 0 aliphatic carbocycles. The van der Waals surface area contributed by atoms with Gasteiger partial charge < -0.3 is 5.32 Å². The molecule has 0 saturated carbocycles. The van der Waals surface area contributed by atoms with Gasteiger partial charge in [-0.15, -0.1) is 21.5 Å². The normalized spacial score (nSPS) is 10.8. The second-order valence-corrected chi connectivity index (χ2v) is 9.42. The zero-order valence-corrected chi connectivity index (χ0v) is 18.2. The van der Waals surface area contributed by atoms with Gasteiger partial charge in [0.2, 0.25) is 5.13 Å². The maximum atomic E-state index is 9.59. The molecule has 6 nitrogen and oxygen atoms in total. The lowest BCUT2D eigenvalue weighted by molar-refractivity contribution is 0.828. The molecule has 0 bridgehead atoms. The Labute approximate surface area is 181 Å². The van der Waals surface area contributed by atoms with E-state index >= 15 is 0 Å². The van der Waals surface area contributed by atoms with Crippen molar-refractivity contribution in [3.8, 4) is 11.8 Å². The van der Waals surface area contributed by atoms with Crippen molar-refractivity contribution in [2.24, 2.45) is 0 Å². The van der Waals surface area contributed by atoms with Crippen LogP contribution in [0.5, 0.6) is 0 Å². The summed E-state index contributed by atoms with van der Waals surface area (Å²) in [5, 5.41) is 28.9. The maximum Gasteiger partial charge on any atom is 0.206 e. The average Bonchev–Trinajstić information content (AvgIpc) is 3.48. The molecule has 0 amide bonds. The van der Waals surface area contributed by atoms with Crippen LogP contribution in [0.15, 0.2) is 52.2 Å². The highest BCUT2D eigenvalue weighted by atomic mass is 32.2. The van der Waals surface area contributed by atoms with Gasteiger partial charge in [-0.2, -0.15) is 10.4 Å². The molecule has 3 heterocycles. The number of nitrogens with one attached hydrogen (secondary N) is 1. The molecular weight excluding hydrogens is 420 g/mol. The Morgan fingerprint density at radius 1 is 1.17 bits per heavy atom. The highest BCUT2D eigenvalue weighted by molar-refractivity contribution is 8.00. The number of aromatic nitrogens is 4. The van der Waals surface area contributed by atoms with E-state index in [9.17, 15) is 5.26 Å². The Morgan fingerprint density at radius 2 is 2.03 bits per heavy atom. The first-order chi connectivity index (χ1) is 14.2. The number of nitrogens with zero attached hydrogens (tertiary/aromatic N) is 5. The quantitative estimate of drug-likeness (QED) is 0.394. The number of benzene rings is 1. The van der Waals surface area contributed by atoms with Crippen LogP contribution < -0.4 is 5.32 Å². The van der Waals surface area contributed by atoms with Crippen LogP contribution in [0.4, 0.5) is 5.13 Å². The molecule has 0 spiro atoms. The minimum atomic E-state index is 0.600. The van der Waals surface area contributed by atoms with E-state index in [1.54, 1.807) is 23.1 Å². The molecule has 0 radical (unpaired) electrons. The van der Waals surface area contributed by atoms with E-state index in [1.165, 1.54) is 16.2 Å². The molecule has 1 aromatic carbocycles. The third-order valence-electron chi connectivity index (χ3n) is 4.24. The number of para-hydroxylation sites is 1. The predicted molar refractivity (Wildman–Crippen MR) is 119 cm³/mol. The van der Waals surface area contributed by atoms with Crippen molar-refractivity contribution in [3.05, 3.63) is 69.7 Å². The lowest BCUT2D eigenvalue weighted by atomic mass is 10.2. The fourth-order valence-electron chi connectivity index (χ4n) is 2.85. The first kappa shape index (κ1) is 19.6. The lowest BCUT2D eigenvalue weighted by Gasteiger charge is -2.06. The second kappa shape index (κ2) is 9.22. The molecule has 0 unspecified atom stereocenters. The predicted octanol–water partition coefficient (Wildman–Crippen LogP) is 4.91. The monoisotopic (exact) mass is 438 g/mol. The molecule has 0 atom stereocenters. The number of nitriles is 1. The van der Waals surface area contributed by atoms with E-state index in [-0.39, 0.29) is 0 Å². The Balaban J connectivity index is 1.43. The zero-order chi connectivity index (χ0) is 20.1. The van der Waals surface area contributed by atoms with Gasteiger partial charge in [-0.1, -0.05) is 47.4 Å². The van der Waals surface area contributed by atoms with Gasteiger partial charge in [0.1, 0.15) is 6.07 Å². The average molecular weight is 439 g/mol. The molecular formula is C20H18N6S3. The fraction of sp³-hybridized carbons (Fsp3) is 0.200. The van der Waals surface area contributed by atoms with E-state index in [2.05, 4.69) is 44.2 Å². The summed E-state index contributed by atoms with van der Waals surface area (Å²) in [6.07, 6.45) is 0.973. The van der Waals surface area contributed by atoms with E-state index in [0.29, 0.717) is 11.3 Å². The summed E-state index contributed by atoms with van der Waals surface area (Å²) in [7, 11) is 0. The van der Waals surface area contributed by atoms with E-state index in [1.807, 2.05) is 41.9 Å². The Kier molecular flexibility index (Phi) is 6.24. The molecule has 1 N–H and O–H groups in total. The van der Waals surface area contributed by atoms with Crippen molar-refractivity contribution < 1.29 is 0 Å². The zero-order valence-electron chi connectivity index (χ0n) is 15.7. The topological polar surface area (TPSA) is 79.4 Å². The van der Waals surface area contributed by atoms with E-state index in [4.69, 9.17) is 0 Å². The maximum absolute atomic E-state index is 9.59. The number of aryl methyl sites for hydroxylation is 1. The van der Waals surface area contributed by atoms with E-state index < -0.39 is 0 Å². The lowest BCUT2D eigenvalue weighted by Crippen LogP contribution is -2.03. The number of hydrogen-bond acceptors (Lipinski definition) is 8. The standard InChI is InChI=1S/C20H18N6S3/c1-14-17(12-21)18(26(25-14)15-6-3-2-4-7-15)13-28-20-24-23-19(29-20)22-10-9-16-8-5-11-27-16/h2-8,11H,9-10,13H2,1H3,(H,22,23). The van der Waals surface area contributed by atoms with Crippen LogP contribution in [-0.4, -0.2) is 26.5 Å². The second-order valence-electron chi connectivity index (χ2n) is 6.18. The first-order valence-corrected chi connectivity index (χ1v) is 11.7. The van der Waals surface area contributed by atoms with Gasteiger partial charge in [-0.05, 0) is 36.9 Å². The number of anilines is 1. The van der Waals surface area contributed by atoms with Crippen molar-refractivity contribution in [3.63, 3.8) is 0 Å². The molecule has 0 aliphatic heterocycles. The number of thiophene rings is 1. The van der Waals surface area contributed by atoms with Crippen LogP contribution in [0.1, 0.15) is 21.8 Å². The van der Waals surface area contributed by atoms with Gasteiger partial charge >= 0.3 is 0 Å². The Morgan fingerprint density at radius 3 is 2.79 bits per heavy atom. The molecule has 0 aliphatic rings. The number of hydrogen-bond donors (Lipinski definition) is 1. The summed E-state index contributed by atoms with van der Waals surface area (Å²) in [6.45, 7) is 2.70. The van der Waals surface area contributed by atoms with Gasteiger partial charge in [0.15, 0.2) is 4.34 Å². The van der Waals surface area contributed by atoms with Crippen LogP contribution in [0.25, 0.3) is 5.69 Å². The van der Waals surface area contributed by atoms with Gasteiger partial charge in [-0.3, -0.25) is 0 Å². The largest absolute Gasteiger partial charge is 0.360 e. The van der Waals surface area contributed by atoms with Crippen molar-refractivity contribution in [1.82, 2.24) is 20.0 Å². The Bertz CT molecular complexity index is 1110. The van der Waals surface area contributed by atoms with Crippen molar-refractivity contribution >= 4 is 39.6 Å². The van der Waals surface area contributed by atoms with Crippen LogP contribution in [0.3, 0.4) is 0 Å². The first-order valence-electron chi connectivity index (χ1n) is 9.01. The molecule has 9 heteroatoms. The third-order valence-corrected chi connectivity index (χ3v) is 7.20. The van der Waals surface area contributed by atoms with Crippen LogP contribution >= 0.6 is 34.4 Å². The molecule has 146 valence electrons. The summed E-state index contributed by atoms with van der Waals surface area (Å²) < 4.78 is 2.72. The Hall–Kier alpha value is -2.67. The number of rotatable bonds is 8. The molecule has 3 aromatic heterocycles. The molecule has 0 fully saturated rings. The molecule has 4 rings (SSSR count).